The number of aryl methyl sites for hydroxylation is 1. The lowest BCUT2D eigenvalue weighted by Gasteiger charge is -2.29. The summed E-state index contributed by atoms with van der Waals surface area (Å²) in [6.45, 7) is 5.32. The molecule has 106 valence electrons. The number of hydrogen-bond donors (Lipinski definition) is 1. The lowest BCUT2D eigenvalue weighted by atomic mass is 9.99. The molecular formula is C12H18N2O3S2. The molecule has 1 aromatic rings. The predicted molar refractivity (Wildman–Crippen MR) is 74.7 cm³/mol. The van der Waals surface area contributed by atoms with E-state index >= 15 is 0 Å². The Bertz CT molecular complexity index is 584. The number of carbonyl (C=O) groups excluding carboxylic acids is 1. The number of amides is 1. The molecule has 0 atom stereocenters. The summed E-state index contributed by atoms with van der Waals surface area (Å²) >= 11 is 1.19. The average molecular weight is 302 g/mol. The number of primary sulfonamides is 1. The van der Waals surface area contributed by atoms with Gasteiger partial charge in [0.15, 0.2) is 0 Å². The van der Waals surface area contributed by atoms with Gasteiger partial charge < -0.3 is 4.90 Å². The summed E-state index contributed by atoms with van der Waals surface area (Å²) in [5.41, 5.74) is 0. The summed E-state index contributed by atoms with van der Waals surface area (Å²) in [7, 11) is -3.75. The van der Waals surface area contributed by atoms with Gasteiger partial charge in [-0.25, -0.2) is 13.6 Å². The zero-order valence-corrected chi connectivity index (χ0v) is 12.7. The van der Waals surface area contributed by atoms with E-state index in [1.807, 2.05) is 0 Å². The third-order valence-electron chi connectivity index (χ3n) is 3.46. The Labute approximate surface area is 117 Å². The van der Waals surface area contributed by atoms with Crippen molar-refractivity contribution in [3.63, 3.8) is 0 Å². The molecule has 1 aliphatic rings. The van der Waals surface area contributed by atoms with Gasteiger partial charge in [0.05, 0.1) is 9.77 Å². The molecule has 0 saturated carbocycles. The Morgan fingerprint density at radius 1 is 1.42 bits per heavy atom. The second-order valence-electron chi connectivity index (χ2n) is 5.05. The molecule has 0 aromatic carbocycles. The highest BCUT2D eigenvalue weighted by atomic mass is 32.2. The van der Waals surface area contributed by atoms with Gasteiger partial charge in [0, 0.05) is 18.0 Å². The van der Waals surface area contributed by atoms with Crippen molar-refractivity contribution in [2.24, 2.45) is 11.1 Å². The molecule has 0 aliphatic carbocycles. The highest BCUT2D eigenvalue weighted by Gasteiger charge is 2.25. The number of thiophene rings is 1. The van der Waals surface area contributed by atoms with Gasteiger partial charge in [0.1, 0.15) is 0 Å². The van der Waals surface area contributed by atoms with Gasteiger partial charge in [-0.2, -0.15) is 0 Å². The first-order valence-electron chi connectivity index (χ1n) is 6.21. The topological polar surface area (TPSA) is 80.5 Å². The van der Waals surface area contributed by atoms with Crippen LogP contribution in [0.4, 0.5) is 0 Å². The van der Waals surface area contributed by atoms with Gasteiger partial charge in [-0.3, -0.25) is 4.79 Å². The minimum Gasteiger partial charge on any atom is -0.338 e. The Morgan fingerprint density at radius 2 is 2.00 bits per heavy atom. The zero-order valence-electron chi connectivity index (χ0n) is 11.0. The van der Waals surface area contributed by atoms with E-state index in [1.165, 1.54) is 17.4 Å². The highest BCUT2D eigenvalue weighted by Crippen LogP contribution is 2.27. The number of nitrogens with two attached hydrogens (primary N) is 1. The molecule has 1 aromatic heterocycles. The van der Waals surface area contributed by atoms with Crippen molar-refractivity contribution >= 4 is 27.3 Å². The van der Waals surface area contributed by atoms with Gasteiger partial charge in [0.25, 0.3) is 5.91 Å². The molecule has 0 unspecified atom stereocenters. The van der Waals surface area contributed by atoms with Crippen molar-refractivity contribution < 1.29 is 13.2 Å². The largest absolute Gasteiger partial charge is 0.338 e. The van der Waals surface area contributed by atoms with Crippen LogP contribution in [0.5, 0.6) is 0 Å². The monoisotopic (exact) mass is 302 g/mol. The number of likely N-dealkylation sites (tertiary alicyclic amines) is 1. The van der Waals surface area contributed by atoms with E-state index in [-0.39, 0.29) is 10.8 Å². The van der Waals surface area contributed by atoms with E-state index < -0.39 is 10.0 Å². The van der Waals surface area contributed by atoms with E-state index in [4.69, 9.17) is 5.14 Å². The first-order valence-corrected chi connectivity index (χ1v) is 8.58. The molecule has 1 fully saturated rings. The predicted octanol–water partition coefficient (Wildman–Crippen LogP) is 1.58. The van der Waals surface area contributed by atoms with Crippen molar-refractivity contribution in [3.05, 3.63) is 15.8 Å². The lowest BCUT2D eigenvalue weighted by molar-refractivity contribution is 0.0702. The van der Waals surface area contributed by atoms with Gasteiger partial charge in [0.2, 0.25) is 10.0 Å². The van der Waals surface area contributed by atoms with Crippen LogP contribution in [0.2, 0.25) is 0 Å². The van der Waals surface area contributed by atoms with Crippen LogP contribution >= 0.6 is 11.3 Å². The zero-order chi connectivity index (χ0) is 14.2. The maximum absolute atomic E-state index is 12.3. The number of nitrogens with zero attached hydrogens (tertiary/aromatic N) is 1. The first kappa shape index (κ1) is 14.5. The molecule has 0 spiro atoms. The molecule has 2 rings (SSSR count). The molecule has 19 heavy (non-hydrogen) atoms. The van der Waals surface area contributed by atoms with Crippen LogP contribution in [0.15, 0.2) is 11.0 Å². The summed E-state index contributed by atoms with van der Waals surface area (Å²) in [4.78, 5) is 15.2. The summed E-state index contributed by atoms with van der Waals surface area (Å²) < 4.78 is 22.7. The molecule has 1 saturated heterocycles. The molecule has 0 bridgehead atoms. The van der Waals surface area contributed by atoms with Gasteiger partial charge in [-0.1, -0.05) is 6.92 Å². The van der Waals surface area contributed by atoms with Crippen LogP contribution in [-0.4, -0.2) is 32.3 Å². The third kappa shape index (κ3) is 3.16. The Balaban J connectivity index is 2.21. The summed E-state index contributed by atoms with van der Waals surface area (Å²) in [6.07, 6.45) is 2.00. The maximum atomic E-state index is 12.3. The van der Waals surface area contributed by atoms with Crippen LogP contribution in [-0.2, 0) is 10.0 Å². The fourth-order valence-electron chi connectivity index (χ4n) is 2.22. The first-order chi connectivity index (χ1) is 8.79. The third-order valence-corrected chi connectivity index (χ3v) is 5.67. The van der Waals surface area contributed by atoms with Crippen LogP contribution in [0, 0.1) is 12.8 Å². The second kappa shape index (κ2) is 5.22. The van der Waals surface area contributed by atoms with Crippen molar-refractivity contribution in [2.75, 3.05) is 13.1 Å². The number of carbonyl (C=O) groups is 1. The molecule has 1 aliphatic heterocycles. The molecule has 2 N–H and O–H groups in total. The second-order valence-corrected chi connectivity index (χ2v) is 7.84. The van der Waals surface area contributed by atoms with Gasteiger partial charge in [-0.15, -0.1) is 11.3 Å². The molecule has 1 amide bonds. The standard InChI is InChI=1S/C12H18N2O3S2/c1-8-3-5-14(6-4-8)12(15)10-7-11(9(2)18-10)19(13,16)17/h7-8H,3-6H2,1-2H3,(H2,13,16,17). The van der Waals surface area contributed by atoms with E-state index in [1.54, 1.807) is 11.8 Å². The fourth-order valence-corrected chi connectivity index (χ4v) is 4.33. The highest BCUT2D eigenvalue weighted by molar-refractivity contribution is 7.89. The van der Waals surface area contributed by atoms with Gasteiger partial charge >= 0.3 is 0 Å². The van der Waals surface area contributed by atoms with Crippen LogP contribution in [0.1, 0.15) is 34.3 Å². The Hall–Kier alpha value is -0.920. The average Bonchev–Trinajstić information content (AvgIpc) is 2.71. The Kier molecular flexibility index (Phi) is 3.98. The maximum Gasteiger partial charge on any atom is 0.263 e. The van der Waals surface area contributed by atoms with Crippen molar-refractivity contribution in [1.29, 1.82) is 0 Å². The van der Waals surface area contributed by atoms with Crippen molar-refractivity contribution in [3.8, 4) is 0 Å². The molecule has 2 heterocycles. The number of hydrogen-bond acceptors (Lipinski definition) is 4. The summed E-state index contributed by atoms with van der Waals surface area (Å²) in [6, 6.07) is 1.40. The number of rotatable bonds is 2. The quantitative estimate of drug-likeness (QED) is 0.900. The smallest absolute Gasteiger partial charge is 0.263 e. The van der Waals surface area contributed by atoms with E-state index in [9.17, 15) is 13.2 Å². The lowest BCUT2D eigenvalue weighted by Crippen LogP contribution is -2.37. The summed E-state index contributed by atoms with van der Waals surface area (Å²) in [5.74, 6) is 0.559. The Morgan fingerprint density at radius 3 is 2.47 bits per heavy atom. The SMILES string of the molecule is Cc1sc(C(=O)N2CCC(C)CC2)cc1S(N)(=O)=O. The summed E-state index contributed by atoms with van der Waals surface area (Å²) in [5, 5.41) is 5.12. The van der Waals surface area contributed by atoms with Crippen molar-refractivity contribution in [1.82, 2.24) is 4.90 Å². The van der Waals surface area contributed by atoms with Crippen LogP contribution < -0.4 is 5.14 Å². The normalized spacial score (nSPS) is 17.7. The molecule has 5 nitrogen and oxygen atoms in total. The van der Waals surface area contributed by atoms with Crippen LogP contribution in [0.25, 0.3) is 0 Å². The minimum atomic E-state index is -3.75. The van der Waals surface area contributed by atoms with Crippen LogP contribution in [0.3, 0.4) is 0 Å². The molecular weight excluding hydrogens is 284 g/mol. The number of piperidine rings is 1. The van der Waals surface area contributed by atoms with E-state index in [0.717, 1.165) is 25.9 Å². The van der Waals surface area contributed by atoms with E-state index in [2.05, 4.69) is 6.92 Å². The van der Waals surface area contributed by atoms with Gasteiger partial charge in [-0.05, 0) is 31.7 Å². The van der Waals surface area contributed by atoms with Crippen molar-refractivity contribution in [2.45, 2.75) is 31.6 Å². The molecule has 7 heteroatoms. The minimum absolute atomic E-state index is 0.0613. The molecule has 0 radical (unpaired) electrons. The fraction of sp³-hybridized carbons (Fsp3) is 0.583. The van der Waals surface area contributed by atoms with E-state index in [0.29, 0.717) is 15.7 Å². The number of sulfonamides is 1.